The van der Waals surface area contributed by atoms with Crippen LogP contribution >= 0.6 is 0 Å². The Hall–Kier alpha value is -2.87. The standard InChI is InChI=1S/C20H23N3O4S/c1-12-5-6-17(11-19(12)21-14(3)24)22-28(26,27)18-7-8-20-16(10-18)9-13(2)23(20)15(4)25/h5-8,10-11,13,22H,9H2,1-4H3,(H,21,24). The molecule has 1 aliphatic rings. The fourth-order valence-electron chi connectivity index (χ4n) is 3.48. The van der Waals surface area contributed by atoms with Gasteiger partial charge in [-0.3, -0.25) is 14.3 Å². The highest BCUT2D eigenvalue weighted by Gasteiger charge is 2.30. The highest BCUT2D eigenvalue weighted by Crippen LogP contribution is 2.34. The number of fused-ring (bicyclic) bond motifs is 1. The number of carbonyl (C=O) groups excluding carboxylic acids is 2. The normalized spacial score (nSPS) is 15.9. The second-order valence-corrected chi connectivity index (χ2v) is 8.73. The second-order valence-electron chi connectivity index (χ2n) is 7.05. The summed E-state index contributed by atoms with van der Waals surface area (Å²) in [7, 11) is -3.81. The Balaban J connectivity index is 1.90. The molecule has 1 unspecified atom stereocenters. The lowest BCUT2D eigenvalue weighted by molar-refractivity contribution is -0.117. The van der Waals surface area contributed by atoms with E-state index in [9.17, 15) is 18.0 Å². The SMILES string of the molecule is CC(=O)Nc1cc(NS(=O)(=O)c2ccc3c(c2)CC(C)N3C(C)=O)ccc1C. The van der Waals surface area contributed by atoms with Crippen LogP contribution in [0.5, 0.6) is 0 Å². The predicted octanol–water partition coefficient (Wildman–Crippen LogP) is 3.05. The first-order chi connectivity index (χ1) is 13.1. The third kappa shape index (κ3) is 3.87. The van der Waals surface area contributed by atoms with Gasteiger partial charge in [-0.05, 0) is 61.7 Å². The molecule has 0 saturated heterocycles. The first-order valence-corrected chi connectivity index (χ1v) is 10.4. The highest BCUT2D eigenvalue weighted by molar-refractivity contribution is 7.92. The van der Waals surface area contributed by atoms with Crippen LogP contribution in [0.1, 0.15) is 31.9 Å². The summed E-state index contributed by atoms with van der Waals surface area (Å²) in [5.74, 6) is -0.295. The molecule has 0 bridgehead atoms. The summed E-state index contributed by atoms with van der Waals surface area (Å²) in [4.78, 5) is 25.0. The minimum Gasteiger partial charge on any atom is -0.326 e. The molecule has 0 spiro atoms. The zero-order chi connectivity index (χ0) is 20.6. The molecule has 2 aromatic carbocycles. The maximum atomic E-state index is 12.8. The quantitative estimate of drug-likeness (QED) is 0.823. The van der Waals surface area contributed by atoms with E-state index in [0.29, 0.717) is 17.8 Å². The Morgan fingerprint density at radius 2 is 1.82 bits per heavy atom. The van der Waals surface area contributed by atoms with E-state index in [1.807, 2.05) is 13.8 Å². The zero-order valence-corrected chi connectivity index (χ0v) is 17.1. The van der Waals surface area contributed by atoms with E-state index in [0.717, 1.165) is 16.8 Å². The molecule has 0 aromatic heterocycles. The molecule has 0 aliphatic carbocycles. The Labute approximate surface area is 164 Å². The maximum absolute atomic E-state index is 12.8. The van der Waals surface area contributed by atoms with E-state index in [4.69, 9.17) is 0 Å². The lowest BCUT2D eigenvalue weighted by Gasteiger charge is -2.20. The van der Waals surface area contributed by atoms with Crippen LogP contribution in [-0.2, 0) is 26.0 Å². The van der Waals surface area contributed by atoms with Crippen molar-refractivity contribution in [1.82, 2.24) is 0 Å². The monoisotopic (exact) mass is 401 g/mol. The van der Waals surface area contributed by atoms with Gasteiger partial charge < -0.3 is 10.2 Å². The van der Waals surface area contributed by atoms with Crippen molar-refractivity contribution in [2.24, 2.45) is 0 Å². The van der Waals surface area contributed by atoms with Gasteiger partial charge in [0, 0.05) is 31.3 Å². The number of hydrogen-bond donors (Lipinski definition) is 2. The van der Waals surface area contributed by atoms with Crippen LogP contribution in [0.25, 0.3) is 0 Å². The fourth-order valence-corrected chi connectivity index (χ4v) is 4.58. The number of nitrogens with zero attached hydrogens (tertiary/aromatic N) is 1. The highest BCUT2D eigenvalue weighted by atomic mass is 32.2. The van der Waals surface area contributed by atoms with Gasteiger partial charge >= 0.3 is 0 Å². The molecule has 28 heavy (non-hydrogen) atoms. The molecular weight excluding hydrogens is 378 g/mol. The summed E-state index contributed by atoms with van der Waals surface area (Å²) in [5, 5.41) is 2.68. The minimum atomic E-state index is -3.81. The summed E-state index contributed by atoms with van der Waals surface area (Å²) in [6.07, 6.45) is 0.607. The van der Waals surface area contributed by atoms with Crippen LogP contribution in [0, 0.1) is 6.92 Å². The molecule has 1 heterocycles. The molecule has 1 aliphatic heterocycles. The lowest BCUT2D eigenvalue weighted by Crippen LogP contribution is -2.33. The molecule has 0 saturated carbocycles. The molecule has 1 atom stereocenters. The molecule has 0 radical (unpaired) electrons. The molecule has 148 valence electrons. The molecule has 0 fully saturated rings. The van der Waals surface area contributed by atoms with Crippen molar-refractivity contribution in [2.45, 2.75) is 45.1 Å². The topological polar surface area (TPSA) is 95.6 Å². The van der Waals surface area contributed by atoms with Gasteiger partial charge in [0.15, 0.2) is 0 Å². The molecule has 2 aromatic rings. The van der Waals surface area contributed by atoms with Gasteiger partial charge in [0.05, 0.1) is 10.6 Å². The van der Waals surface area contributed by atoms with Crippen LogP contribution < -0.4 is 14.9 Å². The minimum absolute atomic E-state index is 0.00396. The van der Waals surface area contributed by atoms with Crippen molar-refractivity contribution in [1.29, 1.82) is 0 Å². The van der Waals surface area contributed by atoms with Gasteiger partial charge in [-0.2, -0.15) is 0 Å². The van der Waals surface area contributed by atoms with Gasteiger partial charge in [-0.15, -0.1) is 0 Å². The number of rotatable bonds is 4. The molecular formula is C20H23N3O4S. The largest absolute Gasteiger partial charge is 0.326 e. The van der Waals surface area contributed by atoms with Crippen molar-refractivity contribution in [3.63, 3.8) is 0 Å². The van der Waals surface area contributed by atoms with Crippen LogP contribution in [-0.4, -0.2) is 26.3 Å². The number of aryl methyl sites for hydroxylation is 1. The smallest absolute Gasteiger partial charge is 0.261 e. The Kier molecular flexibility index (Phi) is 5.16. The van der Waals surface area contributed by atoms with Crippen LogP contribution in [0.3, 0.4) is 0 Å². The van der Waals surface area contributed by atoms with Crippen molar-refractivity contribution >= 4 is 38.9 Å². The second kappa shape index (κ2) is 7.27. The van der Waals surface area contributed by atoms with Crippen molar-refractivity contribution in [3.05, 3.63) is 47.5 Å². The molecule has 2 amide bonds. The van der Waals surface area contributed by atoms with Crippen molar-refractivity contribution in [3.8, 4) is 0 Å². The third-order valence-electron chi connectivity index (χ3n) is 4.72. The van der Waals surface area contributed by atoms with Crippen molar-refractivity contribution in [2.75, 3.05) is 14.9 Å². The van der Waals surface area contributed by atoms with E-state index in [2.05, 4.69) is 10.0 Å². The van der Waals surface area contributed by atoms with Crippen LogP contribution in [0.15, 0.2) is 41.3 Å². The van der Waals surface area contributed by atoms with Gasteiger partial charge in [-0.25, -0.2) is 8.42 Å². The number of sulfonamides is 1. The number of amides is 2. The Bertz CT molecular complexity index is 1060. The van der Waals surface area contributed by atoms with Gasteiger partial charge in [0.2, 0.25) is 11.8 Å². The number of carbonyl (C=O) groups is 2. The predicted molar refractivity (Wildman–Crippen MR) is 109 cm³/mol. The third-order valence-corrected chi connectivity index (χ3v) is 6.10. The number of hydrogen-bond acceptors (Lipinski definition) is 4. The lowest BCUT2D eigenvalue weighted by atomic mass is 10.1. The summed E-state index contributed by atoms with van der Waals surface area (Å²) < 4.78 is 28.2. The van der Waals surface area contributed by atoms with E-state index in [-0.39, 0.29) is 22.8 Å². The van der Waals surface area contributed by atoms with Gasteiger partial charge in [0.1, 0.15) is 0 Å². The van der Waals surface area contributed by atoms with E-state index >= 15 is 0 Å². The van der Waals surface area contributed by atoms with Gasteiger partial charge in [-0.1, -0.05) is 6.07 Å². The Morgan fingerprint density at radius 3 is 2.46 bits per heavy atom. The van der Waals surface area contributed by atoms with Gasteiger partial charge in [0.25, 0.3) is 10.0 Å². The maximum Gasteiger partial charge on any atom is 0.261 e. The van der Waals surface area contributed by atoms with Crippen molar-refractivity contribution < 1.29 is 18.0 Å². The summed E-state index contributed by atoms with van der Waals surface area (Å²) in [6, 6.07) is 9.74. The zero-order valence-electron chi connectivity index (χ0n) is 16.2. The Morgan fingerprint density at radius 1 is 1.11 bits per heavy atom. The molecule has 3 rings (SSSR count). The molecule has 8 heteroatoms. The number of nitrogens with one attached hydrogen (secondary N) is 2. The fraction of sp³-hybridized carbons (Fsp3) is 0.300. The summed E-state index contributed by atoms with van der Waals surface area (Å²) in [6.45, 7) is 6.66. The summed E-state index contributed by atoms with van der Waals surface area (Å²) >= 11 is 0. The van der Waals surface area contributed by atoms with E-state index in [1.54, 1.807) is 35.2 Å². The van der Waals surface area contributed by atoms with E-state index < -0.39 is 10.0 Å². The van der Waals surface area contributed by atoms with Crippen LogP contribution in [0.4, 0.5) is 17.1 Å². The molecule has 2 N–H and O–H groups in total. The first-order valence-electron chi connectivity index (χ1n) is 8.92. The number of benzene rings is 2. The average Bonchev–Trinajstić information content (AvgIpc) is 2.92. The first kappa shape index (κ1) is 19.9. The number of anilines is 3. The van der Waals surface area contributed by atoms with Crippen LogP contribution in [0.2, 0.25) is 0 Å². The summed E-state index contributed by atoms with van der Waals surface area (Å²) in [5.41, 5.74) is 3.31. The van der Waals surface area contributed by atoms with E-state index in [1.165, 1.54) is 19.9 Å². The average molecular weight is 401 g/mol. The molecule has 7 nitrogen and oxygen atoms in total.